The van der Waals surface area contributed by atoms with E-state index in [9.17, 15) is 36.8 Å². The van der Waals surface area contributed by atoms with Gasteiger partial charge in [-0.15, -0.1) is 0 Å². The fraction of sp³-hybridized carbons (Fsp3) is 0.148. The van der Waals surface area contributed by atoms with Crippen LogP contribution in [0, 0.1) is 23.0 Å². The molecular weight excluding hydrogens is 511 g/mol. The third kappa shape index (κ3) is 5.34. The molecule has 2 heterocycles. The quantitative estimate of drug-likeness (QED) is 0.237. The number of rotatable bonds is 6. The van der Waals surface area contributed by atoms with Crippen molar-refractivity contribution in [2.45, 2.75) is 19.1 Å². The zero-order valence-electron chi connectivity index (χ0n) is 19.6. The lowest BCUT2D eigenvalue weighted by Crippen LogP contribution is -2.29. The molecule has 4 rings (SSSR count). The van der Waals surface area contributed by atoms with Crippen molar-refractivity contribution in [2.24, 2.45) is 0 Å². The maximum absolute atomic E-state index is 14.4. The molecule has 0 N–H and O–H groups in total. The van der Waals surface area contributed by atoms with E-state index in [0.717, 1.165) is 16.7 Å². The Balaban J connectivity index is 1.83. The van der Waals surface area contributed by atoms with E-state index in [0.29, 0.717) is 28.8 Å². The summed E-state index contributed by atoms with van der Waals surface area (Å²) in [6.45, 7) is -0.592. The number of nitrogens with zero attached hydrogens (tertiary/aromatic N) is 2. The van der Waals surface area contributed by atoms with Gasteiger partial charge in [0.05, 0.1) is 37.6 Å². The van der Waals surface area contributed by atoms with Crippen LogP contribution in [0.5, 0.6) is 0 Å². The summed E-state index contributed by atoms with van der Waals surface area (Å²) >= 11 is 0. The summed E-state index contributed by atoms with van der Waals surface area (Å²) in [5, 5.41) is 9.31. The number of hydrogen-bond donors (Lipinski definition) is 0. The third-order valence-corrected chi connectivity index (χ3v) is 5.78. The van der Waals surface area contributed by atoms with Crippen molar-refractivity contribution in [3.8, 4) is 28.7 Å². The van der Waals surface area contributed by atoms with Gasteiger partial charge in [-0.25, -0.2) is 8.78 Å². The monoisotopic (exact) mass is 528 g/mol. The number of aromatic nitrogens is 1. The van der Waals surface area contributed by atoms with Crippen molar-refractivity contribution in [1.82, 2.24) is 4.57 Å². The highest BCUT2D eigenvalue weighted by Crippen LogP contribution is 2.35. The van der Waals surface area contributed by atoms with Crippen molar-refractivity contribution in [1.29, 1.82) is 5.26 Å². The Morgan fingerprint density at radius 2 is 1.76 bits per heavy atom. The molecular formula is C27H17F5N2O4. The summed E-state index contributed by atoms with van der Waals surface area (Å²) in [5.41, 5.74) is -2.80. The normalized spacial score (nSPS) is 11.3. The average Bonchev–Trinajstić information content (AvgIpc) is 3.36. The van der Waals surface area contributed by atoms with Gasteiger partial charge < -0.3 is 9.15 Å². The van der Waals surface area contributed by atoms with Gasteiger partial charge in [-0.05, 0) is 29.3 Å². The van der Waals surface area contributed by atoms with Crippen LogP contribution in [0.4, 0.5) is 22.0 Å². The molecule has 0 saturated heterocycles. The Morgan fingerprint density at radius 3 is 2.37 bits per heavy atom. The van der Waals surface area contributed by atoms with Gasteiger partial charge in [0.15, 0.2) is 5.76 Å². The van der Waals surface area contributed by atoms with Crippen LogP contribution in [0.1, 0.15) is 22.3 Å². The van der Waals surface area contributed by atoms with E-state index in [1.54, 1.807) is 24.3 Å². The van der Waals surface area contributed by atoms with Crippen LogP contribution in [0.2, 0.25) is 0 Å². The van der Waals surface area contributed by atoms with Crippen LogP contribution >= 0.6 is 0 Å². The fourth-order valence-electron chi connectivity index (χ4n) is 3.84. The first-order valence-corrected chi connectivity index (χ1v) is 11.0. The van der Waals surface area contributed by atoms with Gasteiger partial charge >= 0.3 is 12.1 Å². The largest absolute Gasteiger partial charge is 0.469 e. The van der Waals surface area contributed by atoms with Gasteiger partial charge in [-0.3, -0.25) is 14.2 Å². The number of pyridine rings is 1. The number of esters is 1. The minimum atomic E-state index is -5.04. The Bertz CT molecular complexity index is 1610. The number of methoxy groups -OCH3 is 1. The number of carbonyl (C=O) groups excluding carboxylic acids is 1. The van der Waals surface area contributed by atoms with E-state index in [1.165, 1.54) is 25.5 Å². The topological polar surface area (TPSA) is 85.2 Å². The molecule has 194 valence electrons. The predicted molar refractivity (Wildman–Crippen MR) is 125 cm³/mol. The van der Waals surface area contributed by atoms with Gasteiger partial charge in [0.1, 0.15) is 23.3 Å². The zero-order chi connectivity index (χ0) is 27.6. The number of halogens is 5. The maximum atomic E-state index is 14.4. The molecule has 0 amide bonds. The van der Waals surface area contributed by atoms with E-state index in [2.05, 4.69) is 4.74 Å². The van der Waals surface area contributed by atoms with E-state index < -0.39 is 47.0 Å². The molecule has 0 aliphatic rings. The summed E-state index contributed by atoms with van der Waals surface area (Å²) in [6.07, 6.45) is -3.74. The molecule has 0 spiro atoms. The van der Waals surface area contributed by atoms with E-state index in [4.69, 9.17) is 4.42 Å². The average molecular weight is 528 g/mol. The number of furan rings is 1. The minimum Gasteiger partial charge on any atom is -0.469 e. The van der Waals surface area contributed by atoms with E-state index in [1.807, 2.05) is 0 Å². The van der Waals surface area contributed by atoms with Gasteiger partial charge in [0, 0.05) is 17.2 Å². The smallest absolute Gasteiger partial charge is 0.417 e. The summed E-state index contributed by atoms with van der Waals surface area (Å²) < 4.78 is 79.8. The Morgan fingerprint density at radius 1 is 1.05 bits per heavy atom. The van der Waals surface area contributed by atoms with Crippen molar-refractivity contribution in [2.75, 3.05) is 7.11 Å². The first-order chi connectivity index (χ1) is 18.0. The SMILES string of the molecule is COC(=O)Cc1ccc(-c2coc(-c3cc(C(F)(F)F)c(C#N)c(=O)n3Cc3ccc(F)cc3F)c2)cc1. The van der Waals surface area contributed by atoms with Crippen molar-refractivity contribution in [3.63, 3.8) is 0 Å². The molecule has 0 unspecified atom stereocenters. The Kier molecular flexibility index (Phi) is 7.17. The number of nitriles is 1. The van der Waals surface area contributed by atoms with Gasteiger partial charge in [-0.1, -0.05) is 30.3 Å². The molecule has 38 heavy (non-hydrogen) atoms. The van der Waals surface area contributed by atoms with Crippen LogP contribution in [0.15, 0.2) is 70.1 Å². The zero-order valence-corrected chi connectivity index (χ0v) is 19.6. The predicted octanol–water partition coefficient (Wildman–Crippen LogP) is 5.71. The first kappa shape index (κ1) is 26.3. The van der Waals surface area contributed by atoms with Crippen molar-refractivity contribution >= 4 is 5.97 Å². The second kappa shape index (κ2) is 10.3. The Labute approximate surface area is 212 Å². The van der Waals surface area contributed by atoms with Crippen molar-refractivity contribution < 1.29 is 35.9 Å². The van der Waals surface area contributed by atoms with Gasteiger partial charge in [-0.2, -0.15) is 18.4 Å². The Hall–Kier alpha value is -4.72. The molecule has 0 fully saturated rings. The number of ether oxygens (including phenoxy) is 1. The standard InChI is InChI=1S/C27H17F5N2O4/c1-37-25(35)8-15-2-4-16(5-3-15)18-9-24(38-14-18)23-11-21(27(30,31)32)20(12-33)26(36)34(23)13-17-6-7-19(28)10-22(17)29/h2-7,9-11,14H,8,13H2,1H3. The number of carbonyl (C=O) groups is 1. The first-order valence-electron chi connectivity index (χ1n) is 11.0. The van der Waals surface area contributed by atoms with Crippen LogP contribution in [-0.2, 0) is 28.7 Å². The molecule has 0 aliphatic heterocycles. The summed E-state index contributed by atoms with van der Waals surface area (Å²) in [7, 11) is 1.26. The molecule has 0 aliphatic carbocycles. The number of benzene rings is 2. The van der Waals surface area contributed by atoms with Crippen molar-refractivity contribution in [3.05, 3.63) is 105 Å². The second-order valence-corrected chi connectivity index (χ2v) is 8.20. The fourth-order valence-corrected chi connectivity index (χ4v) is 3.84. The lowest BCUT2D eigenvalue weighted by molar-refractivity contribution is -0.140. The highest BCUT2D eigenvalue weighted by atomic mass is 19.4. The molecule has 11 heteroatoms. The molecule has 0 radical (unpaired) electrons. The molecule has 6 nitrogen and oxygen atoms in total. The molecule has 4 aromatic rings. The summed E-state index contributed by atoms with van der Waals surface area (Å²) in [5.74, 6) is -2.49. The van der Waals surface area contributed by atoms with Crippen LogP contribution in [0.25, 0.3) is 22.6 Å². The van der Waals surface area contributed by atoms with E-state index in [-0.39, 0.29) is 23.4 Å². The summed E-state index contributed by atoms with van der Waals surface area (Å²) in [6, 6.07) is 12.5. The molecule has 2 aromatic heterocycles. The third-order valence-electron chi connectivity index (χ3n) is 5.78. The van der Waals surface area contributed by atoms with Crippen LogP contribution in [0.3, 0.4) is 0 Å². The minimum absolute atomic E-state index is 0.0467. The molecule has 0 saturated carbocycles. The van der Waals surface area contributed by atoms with E-state index >= 15 is 0 Å². The lowest BCUT2D eigenvalue weighted by atomic mass is 10.0. The highest BCUT2D eigenvalue weighted by Gasteiger charge is 2.37. The highest BCUT2D eigenvalue weighted by molar-refractivity contribution is 5.74. The van der Waals surface area contributed by atoms with Gasteiger partial charge in [0.2, 0.25) is 0 Å². The summed E-state index contributed by atoms with van der Waals surface area (Å²) in [4.78, 5) is 24.5. The second-order valence-electron chi connectivity index (χ2n) is 8.20. The molecule has 2 aromatic carbocycles. The van der Waals surface area contributed by atoms with Crippen LogP contribution in [-0.4, -0.2) is 17.6 Å². The number of hydrogen-bond acceptors (Lipinski definition) is 5. The van der Waals surface area contributed by atoms with Crippen LogP contribution < -0.4 is 5.56 Å². The maximum Gasteiger partial charge on any atom is 0.417 e. The molecule has 0 atom stereocenters. The lowest BCUT2D eigenvalue weighted by Gasteiger charge is -2.16. The molecule has 0 bridgehead atoms. The number of alkyl halides is 3. The van der Waals surface area contributed by atoms with Gasteiger partial charge in [0.25, 0.3) is 5.56 Å².